The number of nitrogens with zero attached hydrogens (tertiary/aromatic N) is 2. The van der Waals surface area contributed by atoms with Crippen molar-refractivity contribution in [2.24, 2.45) is 0 Å². The van der Waals surface area contributed by atoms with Crippen LogP contribution < -0.4 is 4.90 Å². The van der Waals surface area contributed by atoms with E-state index < -0.39 is 11.5 Å². The Balaban J connectivity index is 2.85. The third-order valence-electron chi connectivity index (χ3n) is 1.60. The fourth-order valence-corrected chi connectivity index (χ4v) is 1.75. The lowest BCUT2D eigenvalue weighted by Gasteiger charge is -2.15. The number of hydrogen-bond donors (Lipinski definition) is 0. The zero-order valence-corrected chi connectivity index (χ0v) is 8.69. The molecule has 1 aromatic heterocycles. The highest BCUT2D eigenvalue weighted by atomic mass is 35.5. The van der Waals surface area contributed by atoms with E-state index in [1.165, 1.54) is 18.6 Å². The summed E-state index contributed by atoms with van der Waals surface area (Å²) in [4.78, 5) is 12.3. The summed E-state index contributed by atoms with van der Waals surface area (Å²) in [6.45, 7) is 1.75. The summed E-state index contributed by atoms with van der Waals surface area (Å²) in [7, 11) is 1.47. The number of hydrogen-bond acceptors (Lipinski definition) is 3. The summed E-state index contributed by atoms with van der Waals surface area (Å²) in [6.07, 6.45) is 0. The molecule has 1 aromatic rings. The second kappa shape index (κ2) is 4.02. The van der Waals surface area contributed by atoms with Crippen LogP contribution in [0.2, 0.25) is 0 Å². The van der Waals surface area contributed by atoms with Crippen molar-refractivity contribution in [3.63, 3.8) is 0 Å². The molecule has 0 aliphatic heterocycles. The molecule has 1 rings (SSSR count). The van der Waals surface area contributed by atoms with Crippen LogP contribution in [0, 0.1) is 6.92 Å². The number of rotatable bonds is 2. The first-order valence-corrected chi connectivity index (χ1v) is 4.78. The third-order valence-corrected chi connectivity index (χ3v) is 2.50. The Kier molecular flexibility index (Phi) is 3.22. The monoisotopic (exact) mass is 222 g/mol. The Morgan fingerprint density at radius 2 is 2.46 bits per heavy atom. The summed E-state index contributed by atoms with van der Waals surface area (Å²) in [5, 5.41) is 1.67. The number of halogens is 2. The van der Waals surface area contributed by atoms with Crippen LogP contribution in [-0.2, 0) is 4.79 Å². The molecule has 0 radical (unpaired) electrons. The summed E-state index contributed by atoms with van der Waals surface area (Å²) < 4.78 is 16.4. The maximum absolute atomic E-state index is 12.4. The lowest BCUT2D eigenvalue weighted by Crippen LogP contribution is -2.31. The average Bonchev–Trinajstić information content (AvgIpc) is 2.48. The van der Waals surface area contributed by atoms with Crippen LogP contribution in [0.3, 0.4) is 0 Å². The Hall–Kier alpha value is -0.680. The van der Waals surface area contributed by atoms with Crippen LogP contribution in [0.1, 0.15) is 5.69 Å². The van der Waals surface area contributed by atoms with Gasteiger partial charge in [0.2, 0.25) is 0 Å². The van der Waals surface area contributed by atoms with Crippen LogP contribution in [-0.4, -0.2) is 23.0 Å². The van der Waals surface area contributed by atoms with Crippen molar-refractivity contribution in [2.45, 2.75) is 12.6 Å². The van der Waals surface area contributed by atoms with Gasteiger partial charge in [-0.1, -0.05) is 11.6 Å². The molecule has 0 aromatic carbocycles. The zero-order chi connectivity index (χ0) is 10.0. The third kappa shape index (κ3) is 2.16. The van der Waals surface area contributed by atoms with Gasteiger partial charge in [-0.15, -0.1) is 0 Å². The van der Waals surface area contributed by atoms with E-state index in [4.69, 9.17) is 11.6 Å². The van der Waals surface area contributed by atoms with E-state index in [9.17, 15) is 9.18 Å². The Morgan fingerprint density at radius 1 is 1.85 bits per heavy atom. The summed E-state index contributed by atoms with van der Waals surface area (Å²) in [5.74, 6) is -0.773. The number of aryl methyl sites for hydroxylation is 1. The number of anilines is 1. The van der Waals surface area contributed by atoms with Crippen LogP contribution in [0.4, 0.5) is 10.1 Å². The van der Waals surface area contributed by atoms with Crippen LogP contribution in [0.15, 0.2) is 5.38 Å². The number of carbonyl (C=O) groups is 1. The smallest absolute Gasteiger partial charge is 0.276 e. The van der Waals surface area contributed by atoms with Gasteiger partial charge in [0.05, 0.1) is 11.4 Å². The van der Waals surface area contributed by atoms with Crippen molar-refractivity contribution < 1.29 is 9.18 Å². The molecule has 0 saturated heterocycles. The molecule has 1 amide bonds. The van der Waals surface area contributed by atoms with Crippen molar-refractivity contribution >= 4 is 34.7 Å². The van der Waals surface area contributed by atoms with E-state index in [0.717, 1.165) is 4.90 Å². The van der Waals surface area contributed by atoms with Gasteiger partial charge in [0.15, 0.2) is 0 Å². The minimum absolute atomic E-state index is 0.596. The van der Waals surface area contributed by atoms with Crippen molar-refractivity contribution in [3.05, 3.63) is 11.1 Å². The molecule has 0 aliphatic rings. The summed E-state index contributed by atoms with van der Waals surface area (Å²) >= 11 is 6.23. The van der Waals surface area contributed by atoms with Gasteiger partial charge in [0.25, 0.3) is 11.5 Å². The highest BCUT2D eigenvalue weighted by Gasteiger charge is 2.21. The first-order valence-electron chi connectivity index (χ1n) is 3.50. The molecule has 6 heteroatoms. The molecule has 0 saturated carbocycles. The molecule has 0 bridgehead atoms. The van der Waals surface area contributed by atoms with Gasteiger partial charge in [-0.3, -0.25) is 4.79 Å². The molecule has 72 valence electrons. The normalized spacial score (nSPS) is 12.6. The highest BCUT2D eigenvalue weighted by Crippen LogP contribution is 2.21. The SMILES string of the molecule is Cc1nscc1N(C)C(=O)C(F)Cl. The number of alkyl halides is 2. The van der Waals surface area contributed by atoms with Gasteiger partial charge in [0, 0.05) is 12.4 Å². The van der Waals surface area contributed by atoms with Gasteiger partial charge in [-0.05, 0) is 18.5 Å². The van der Waals surface area contributed by atoms with Crippen LogP contribution >= 0.6 is 23.1 Å². The van der Waals surface area contributed by atoms with Crippen molar-refractivity contribution in [2.75, 3.05) is 11.9 Å². The summed E-state index contributed by atoms with van der Waals surface area (Å²) in [5.41, 5.74) is -0.708. The lowest BCUT2D eigenvalue weighted by molar-refractivity contribution is -0.120. The molecule has 0 fully saturated rings. The molecule has 3 nitrogen and oxygen atoms in total. The molecular formula is C7H8ClFN2OS. The Labute approximate surface area is 84.3 Å². The molecule has 0 aliphatic carbocycles. The van der Waals surface area contributed by atoms with E-state index >= 15 is 0 Å². The number of aromatic nitrogens is 1. The predicted molar refractivity (Wildman–Crippen MR) is 51.0 cm³/mol. The number of amides is 1. The van der Waals surface area contributed by atoms with Gasteiger partial charge in [-0.2, -0.15) is 4.37 Å². The predicted octanol–water partition coefficient (Wildman–Crippen LogP) is 1.95. The van der Waals surface area contributed by atoms with Gasteiger partial charge < -0.3 is 4.90 Å². The topological polar surface area (TPSA) is 33.2 Å². The lowest BCUT2D eigenvalue weighted by atomic mass is 10.3. The highest BCUT2D eigenvalue weighted by molar-refractivity contribution is 7.04. The minimum atomic E-state index is -2.00. The number of carbonyl (C=O) groups excluding carboxylic acids is 1. The van der Waals surface area contributed by atoms with Gasteiger partial charge in [0.1, 0.15) is 0 Å². The second-order valence-electron chi connectivity index (χ2n) is 2.48. The fourth-order valence-electron chi connectivity index (χ4n) is 0.874. The van der Waals surface area contributed by atoms with E-state index in [1.54, 1.807) is 12.3 Å². The van der Waals surface area contributed by atoms with E-state index in [0.29, 0.717) is 11.4 Å². The first kappa shape index (κ1) is 10.4. The van der Waals surface area contributed by atoms with E-state index in [1.807, 2.05) is 0 Å². The molecule has 1 unspecified atom stereocenters. The summed E-state index contributed by atoms with van der Waals surface area (Å²) in [6, 6.07) is 0. The van der Waals surface area contributed by atoms with E-state index in [2.05, 4.69) is 4.37 Å². The molecule has 13 heavy (non-hydrogen) atoms. The Morgan fingerprint density at radius 3 is 2.85 bits per heavy atom. The second-order valence-corrected chi connectivity index (χ2v) is 3.50. The van der Waals surface area contributed by atoms with E-state index in [-0.39, 0.29) is 0 Å². The maximum atomic E-state index is 12.4. The fraction of sp³-hybridized carbons (Fsp3) is 0.429. The largest absolute Gasteiger partial charge is 0.309 e. The quantitative estimate of drug-likeness (QED) is 0.717. The average molecular weight is 223 g/mol. The van der Waals surface area contributed by atoms with Crippen molar-refractivity contribution in [1.29, 1.82) is 0 Å². The standard InChI is InChI=1S/C7H8ClFN2OS/c1-4-5(3-13-10-4)11(2)7(12)6(8)9/h3,6H,1-2H3. The molecule has 0 N–H and O–H groups in total. The Bertz CT molecular complexity index is 315. The molecule has 1 heterocycles. The van der Waals surface area contributed by atoms with Gasteiger partial charge in [-0.25, -0.2) is 4.39 Å². The molecule has 0 spiro atoms. The molecule has 1 atom stereocenters. The van der Waals surface area contributed by atoms with Crippen molar-refractivity contribution in [1.82, 2.24) is 4.37 Å². The van der Waals surface area contributed by atoms with Crippen molar-refractivity contribution in [3.8, 4) is 0 Å². The minimum Gasteiger partial charge on any atom is -0.309 e. The van der Waals surface area contributed by atoms with Crippen LogP contribution in [0.25, 0.3) is 0 Å². The zero-order valence-electron chi connectivity index (χ0n) is 7.12. The first-order chi connectivity index (χ1) is 6.04. The molecular weight excluding hydrogens is 215 g/mol. The maximum Gasteiger partial charge on any atom is 0.276 e. The van der Waals surface area contributed by atoms with Crippen LogP contribution in [0.5, 0.6) is 0 Å². The van der Waals surface area contributed by atoms with Gasteiger partial charge >= 0.3 is 0 Å².